The molecule has 1 aromatic carbocycles. The molecule has 2 aliphatic carbocycles. The van der Waals surface area contributed by atoms with Crippen molar-refractivity contribution < 1.29 is 14.2 Å². The Labute approximate surface area is 156 Å². The average molecular weight is 358 g/mol. The molecule has 0 spiro atoms. The second-order valence-corrected chi connectivity index (χ2v) is 8.74. The highest BCUT2D eigenvalue weighted by Crippen LogP contribution is 2.45. The SMILES string of the molecule is CC(=C(F)CO)c1cc2c(cc1OCC1CC1)C(C)(C)CC=C2C(C)C. The molecular weight excluding hydrogens is 327 g/mol. The van der Waals surface area contributed by atoms with Crippen LogP contribution in [-0.2, 0) is 5.41 Å². The minimum Gasteiger partial charge on any atom is -0.493 e. The van der Waals surface area contributed by atoms with E-state index < -0.39 is 12.4 Å². The van der Waals surface area contributed by atoms with Gasteiger partial charge in [0, 0.05) is 5.56 Å². The van der Waals surface area contributed by atoms with Crippen LogP contribution in [0.15, 0.2) is 24.0 Å². The van der Waals surface area contributed by atoms with Gasteiger partial charge < -0.3 is 9.84 Å². The second kappa shape index (κ2) is 7.19. The van der Waals surface area contributed by atoms with Crippen molar-refractivity contribution in [2.24, 2.45) is 11.8 Å². The lowest BCUT2D eigenvalue weighted by Crippen LogP contribution is -2.23. The molecule has 142 valence electrons. The molecule has 1 N–H and O–H groups in total. The van der Waals surface area contributed by atoms with Crippen LogP contribution in [-0.4, -0.2) is 18.3 Å². The average Bonchev–Trinajstić information content (AvgIpc) is 3.42. The number of hydrogen-bond acceptors (Lipinski definition) is 2. The molecule has 2 nitrogen and oxygen atoms in total. The summed E-state index contributed by atoms with van der Waals surface area (Å²) in [6.07, 6.45) is 5.75. The third-order valence-corrected chi connectivity index (χ3v) is 5.74. The van der Waals surface area contributed by atoms with Gasteiger partial charge >= 0.3 is 0 Å². The number of rotatable bonds is 6. The molecule has 0 saturated heterocycles. The Morgan fingerprint density at radius 1 is 1.31 bits per heavy atom. The number of aliphatic hydroxyl groups is 1. The number of ether oxygens (including phenoxy) is 1. The van der Waals surface area contributed by atoms with Crippen LogP contribution in [0.1, 0.15) is 70.6 Å². The molecule has 0 aliphatic heterocycles. The van der Waals surface area contributed by atoms with Crippen molar-refractivity contribution in [2.75, 3.05) is 13.2 Å². The summed E-state index contributed by atoms with van der Waals surface area (Å²) in [5, 5.41) is 9.26. The number of halogens is 1. The zero-order chi connectivity index (χ0) is 19.1. The lowest BCUT2D eigenvalue weighted by molar-refractivity contribution is 0.295. The van der Waals surface area contributed by atoms with Gasteiger partial charge in [0.2, 0.25) is 0 Å². The van der Waals surface area contributed by atoms with E-state index in [1.807, 2.05) is 0 Å². The molecule has 26 heavy (non-hydrogen) atoms. The summed E-state index contributed by atoms with van der Waals surface area (Å²) >= 11 is 0. The predicted octanol–water partition coefficient (Wildman–Crippen LogP) is 5.89. The summed E-state index contributed by atoms with van der Waals surface area (Å²) in [4.78, 5) is 0. The van der Waals surface area contributed by atoms with Crippen molar-refractivity contribution in [1.29, 1.82) is 0 Å². The van der Waals surface area contributed by atoms with Gasteiger partial charge in [0.15, 0.2) is 0 Å². The molecule has 0 radical (unpaired) electrons. The highest BCUT2D eigenvalue weighted by molar-refractivity contribution is 5.80. The van der Waals surface area contributed by atoms with Crippen LogP contribution in [0.25, 0.3) is 11.1 Å². The largest absolute Gasteiger partial charge is 0.493 e. The fourth-order valence-corrected chi connectivity index (χ4v) is 3.68. The molecule has 3 rings (SSSR count). The standard InChI is InChI=1S/C23H31FO2/c1-14(2)17-8-9-23(4,5)20-11-22(26-13-16-6-7-16)18(10-19(17)20)15(3)21(24)12-25/h8,10-11,14,16,25H,6-7,9,12-13H2,1-5H3. The maximum Gasteiger partial charge on any atom is 0.129 e. The van der Waals surface area contributed by atoms with E-state index in [4.69, 9.17) is 4.74 Å². The van der Waals surface area contributed by atoms with Gasteiger partial charge in [-0.2, -0.15) is 0 Å². The summed E-state index contributed by atoms with van der Waals surface area (Å²) < 4.78 is 20.3. The fraction of sp³-hybridized carbons (Fsp3) is 0.565. The van der Waals surface area contributed by atoms with E-state index in [0.717, 1.165) is 17.7 Å². The van der Waals surface area contributed by atoms with Gasteiger partial charge in [-0.3, -0.25) is 0 Å². The first-order chi connectivity index (χ1) is 12.2. The molecular formula is C23H31FO2. The minimum atomic E-state index is -0.580. The van der Waals surface area contributed by atoms with Gasteiger partial charge in [-0.05, 0) is 77.8 Å². The Hall–Kier alpha value is -1.61. The van der Waals surface area contributed by atoms with Crippen LogP contribution < -0.4 is 4.74 Å². The Bertz CT molecular complexity index is 752. The summed E-state index contributed by atoms with van der Waals surface area (Å²) in [6.45, 7) is 10.7. The van der Waals surface area contributed by atoms with Crippen molar-refractivity contribution in [3.05, 3.63) is 40.7 Å². The smallest absolute Gasteiger partial charge is 0.129 e. The number of hydrogen-bond donors (Lipinski definition) is 1. The monoisotopic (exact) mass is 358 g/mol. The fourth-order valence-electron chi connectivity index (χ4n) is 3.68. The molecule has 3 heteroatoms. The minimum absolute atomic E-state index is 0.0249. The highest BCUT2D eigenvalue weighted by Gasteiger charge is 2.31. The van der Waals surface area contributed by atoms with E-state index in [1.54, 1.807) is 6.92 Å². The first-order valence-electron chi connectivity index (χ1n) is 9.72. The maximum absolute atomic E-state index is 14.2. The van der Waals surface area contributed by atoms with Crippen molar-refractivity contribution >= 4 is 11.1 Å². The number of benzene rings is 1. The third kappa shape index (κ3) is 3.73. The van der Waals surface area contributed by atoms with Crippen LogP contribution in [0.3, 0.4) is 0 Å². The van der Waals surface area contributed by atoms with Crippen molar-refractivity contribution in [3.63, 3.8) is 0 Å². The lowest BCUT2D eigenvalue weighted by Gasteiger charge is -2.34. The van der Waals surface area contributed by atoms with Crippen LogP contribution in [0.5, 0.6) is 5.75 Å². The Morgan fingerprint density at radius 2 is 2.00 bits per heavy atom. The van der Waals surface area contributed by atoms with E-state index in [9.17, 15) is 9.50 Å². The zero-order valence-electron chi connectivity index (χ0n) is 16.7. The first-order valence-corrected chi connectivity index (χ1v) is 9.72. The normalized spacial score (nSPS) is 19.8. The van der Waals surface area contributed by atoms with Crippen LogP contribution in [0, 0.1) is 11.8 Å². The zero-order valence-corrected chi connectivity index (χ0v) is 16.7. The molecule has 0 unspecified atom stereocenters. The number of allylic oxidation sites excluding steroid dienone is 3. The summed E-state index contributed by atoms with van der Waals surface area (Å²) in [6, 6.07) is 4.20. The Kier molecular flexibility index (Phi) is 5.30. The van der Waals surface area contributed by atoms with Gasteiger partial charge in [0.1, 0.15) is 11.6 Å². The maximum atomic E-state index is 14.2. The third-order valence-electron chi connectivity index (χ3n) is 5.74. The highest BCUT2D eigenvalue weighted by atomic mass is 19.1. The number of fused-ring (bicyclic) bond motifs is 1. The van der Waals surface area contributed by atoms with E-state index in [1.165, 1.54) is 29.5 Å². The van der Waals surface area contributed by atoms with Crippen molar-refractivity contribution in [1.82, 2.24) is 0 Å². The molecule has 1 aromatic rings. The van der Waals surface area contributed by atoms with Gasteiger partial charge in [-0.25, -0.2) is 4.39 Å². The van der Waals surface area contributed by atoms with Gasteiger partial charge in [-0.1, -0.05) is 33.8 Å². The van der Waals surface area contributed by atoms with Crippen LogP contribution in [0.4, 0.5) is 4.39 Å². The van der Waals surface area contributed by atoms with E-state index in [2.05, 4.69) is 45.9 Å². The molecule has 0 heterocycles. The Morgan fingerprint density at radius 3 is 2.58 bits per heavy atom. The molecule has 0 bridgehead atoms. The molecule has 0 atom stereocenters. The second-order valence-electron chi connectivity index (χ2n) is 8.74. The molecule has 2 aliphatic rings. The molecule has 1 fully saturated rings. The van der Waals surface area contributed by atoms with Gasteiger partial charge in [-0.15, -0.1) is 0 Å². The topological polar surface area (TPSA) is 29.5 Å². The predicted molar refractivity (Wildman–Crippen MR) is 106 cm³/mol. The summed E-state index contributed by atoms with van der Waals surface area (Å²) in [5.41, 5.74) is 5.03. The van der Waals surface area contributed by atoms with Crippen LogP contribution in [0.2, 0.25) is 0 Å². The molecule has 1 saturated carbocycles. The first kappa shape index (κ1) is 19.2. The summed E-state index contributed by atoms with van der Waals surface area (Å²) in [5.74, 6) is 1.29. The quantitative estimate of drug-likeness (QED) is 0.687. The van der Waals surface area contributed by atoms with Gasteiger partial charge in [0.25, 0.3) is 0 Å². The van der Waals surface area contributed by atoms with E-state index >= 15 is 0 Å². The molecule has 0 aromatic heterocycles. The van der Waals surface area contributed by atoms with E-state index in [-0.39, 0.29) is 5.41 Å². The molecule has 0 amide bonds. The van der Waals surface area contributed by atoms with Crippen LogP contribution >= 0.6 is 0 Å². The van der Waals surface area contributed by atoms with Crippen molar-refractivity contribution in [2.45, 2.75) is 59.3 Å². The number of aliphatic hydroxyl groups excluding tert-OH is 1. The lowest BCUT2D eigenvalue weighted by atomic mass is 9.71. The Balaban J connectivity index is 2.15. The van der Waals surface area contributed by atoms with Crippen molar-refractivity contribution in [3.8, 4) is 5.75 Å². The summed E-state index contributed by atoms with van der Waals surface area (Å²) in [7, 11) is 0. The van der Waals surface area contributed by atoms with E-state index in [0.29, 0.717) is 24.0 Å². The van der Waals surface area contributed by atoms with Gasteiger partial charge in [0.05, 0.1) is 13.2 Å².